The maximum Gasteiger partial charge on any atom is 0.0534 e. The van der Waals surface area contributed by atoms with Crippen LogP contribution in [0.5, 0.6) is 0 Å². The van der Waals surface area contributed by atoms with Gasteiger partial charge in [-0.05, 0) is 31.9 Å². The Kier molecular flexibility index (Phi) is 6.01. The number of aromatic nitrogens is 1. The Bertz CT molecular complexity index is 501. The lowest BCUT2D eigenvalue weighted by atomic mass is 9.97. The first-order chi connectivity index (χ1) is 10.9. The van der Waals surface area contributed by atoms with Crippen molar-refractivity contribution < 1.29 is 0 Å². The molecule has 1 aromatic rings. The van der Waals surface area contributed by atoms with E-state index in [1.165, 1.54) is 49.3 Å². The third kappa shape index (κ3) is 3.19. The van der Waals surface area contributed by atoms with Crippen LogP contribution in [0, 0.1) is 0 Å². The highest BCUT2D eigenvalue weighted by Crippen LogP contribution is 2.36. The summed E-state index contributed by atoms with van der Waals surface area (Å²) in [4.78, 5) is 7.03. The van der Waals surface area contributed by atoms with Crippen LogP contribution in [0.1, 0.15) is 58.2 Å². The van der Waals surface area contributed by atoms with E-state index in [1.54, 1.807) is 0 Å². The van der Waals surface area contributed by atoms with Crippen molar-refractivity contribution >= 4 is 11.8 Å². The van der Waals surface area contributed by atoms with Crippen LogP contribution in [0.15, 0.2) is 18.3 Å². The smallest absolute Gasteiger partial charge is 0.0534 e. The van der Waals surface area contributed by atoms with Crippen molar-refractivity contribution in [3.63, 3.8) is 0 Å². The Labute approximate surface area is 135 Å². The minimum Gasteiger partial charge on any atom is -0.369 e. The zero-order valence-electron chi connectivity index (χ0n) is 14.7. The predicted octanol–water partition coefficient (Wildman–Crippen LogP) is 4.04. The molecule has 2 fully saturated rings. The zero-order valence-corrected chi connectivity index (χ0v) is 14.7. The molecule has 3 heterocycles. The van der Waals surface area contributed by atoms with E-state index in [1.807, 2.05) is 33.9 Å². The second kappa shape index (κ2) is 7.77. The fourth-order valence-electron chi connectivity index (χ4n) is 3.71. The first kappa shape index (κ1) is 17.0. The first-order valence-corrected chi connectivity index (χ1v) is 9.01. The molecule has 3 nitrogen and oxygen atoms in total. The van der Waals surface area contributed by atoms with Gasteiger partial charge in [0.2, 0.25) is 0 Å². The second-order valence-corrected chi connectivity index (χ2v) is 5.78. The molecule has 1 atom stereocenters. The van der Waals surface area contributed by atoms with Crippen molar-refractivity contribution in [2.45, 2.75) is 58.9 Å². The lowest BCUT2D eigenvalue weighted by Gasteiger charge is -2.26. The summed E-state index contributed by atoms with van der Waals surface area (Å²) in [6, 6.07) is 2.18. The summed E-state index contributed by atoms with van der Waals surface area (Å²) >= 11 is 0. The highest BCUT2D eigenvalue weighted by molar-refractivity contribution is 5.72. The highest BCUT2D eigenvalue weighted by Gasteiger charge is 2.40. The van der Waals surface area contributed by atoms with Crippen LogP contribution in [0.4, 0.5) is 5.69 Å². The molecule has 122 valence electrons. The molecule has 0 radical (unpaired) electrons. The highest BCUT2D eigenvalue weighted by atomic mass is 15.2. The van der Waals surface area contributed by atoms with E-state index < -0.39 is 0 Å². The van der Waals surface area contributed by atoms with E-state index >= 15 is 0 Å². The van der Waals surface area contributed by atoms with Gasteiger partial charge in [0, 0.05) is 42.5 Å². The number of allylic oxidation sites excluding steroid dienone is 1. The normalized spacial score (nSPS) is 24.6. The van der Waals surface area contributed by atoms with Gasteiger partial charge < -0.3 is 10.2 Å². The van der Waals surface area contributed by atoms with E-state index in [9.17, 15) is 0 Å². The molecule has 4 rings (SSSR count). The average Bonchev–Trinajstić information content (AvgIpc) is 3.33. The summed E-state index contributed by atoms with van der Waals surface area (Å²) in [7, 11) is 0. The lowest BCUT2D eigenvalue weighted by molar-refractivity contribution is 0.419. The Morgan fingerprint density at radius 2 is 2.00 bits per heavy atom. The number of hydrogen-bond acceptors (Lipinski definition) is 3. The molecule has 3 heteroatoms. The van der Waals surface area contributed by atoms with Gasteiger partial charge in [-0.25, -0.2) is 0 Å². The fraction of sp³-hybridized carbons (Fsp3) is 0.632. The number of pyridine rings is 1. The standard InChI is InChI=1S/C15H19N3.2C2H6/c1-3-12-13(4-1)16-9-5-14(12)18-10-7-15(11-18)6-2-8-17-15;2*1-2/h1,3,5,9,17H,2,4,6-8,10-11H2;2*1-2H3. The molecule has 2 saturated heterocycles. The molecular weight excluding hydrogens is 270 g/mol. The van der Waals surface area contributed by atoms with Crippen molar-refractivity contribution in [2.24, 2.45) is 0 Å². The topological polar surface area (TPSA) is 28.2 Å². The molecule has 0 aromatic carbocycles. The summed E-state index contributed by atoms with van der Waals surface area (Å²) < 4.78 is 0. The van der Waals surface area contributed by atoms with Crippen molar-refractivity contribution in [3.05, 3.63) is 29.6 Å². The SMILES string of the molecule is C1=Cc2c(N3CCC4(CCCN4)C3)ccnc2C1.CC.CC. The van der Waals surface area contributed by atoms with Gasteiger partial charge in [0.15, 0.2) is 0 Å². The van der Waals surface area contributed by atoms with Gasteiger partial charge in [-0.3, -0.25) is 4.98 Å². The van der Waals surface area contributed by atoms with Crippen LogP contribution in [-0.4, -0.2) is 30.2 Å². The number of fused-ring (bicyclic) bond motifs is 1. The molecule has 3 aliphatic rings. The third-order valence-corrected chi connectivity index (χ3v) is 4.67. The molecule has 1 N–H and O–H groups in total. The molecule has 0 saturated carbocycles. The average molecular weight is 301 g/mol. The van der Waals surface area contributed by atoms with Crippen molar-refractivity contribution in [1.82, 2.24) is 10.3 Å². The van der Waals surface area contributed by atoms with Crippen molar-refractivity contribution in [3.8, 4) is 0 Å². The molecule has 0 bridgehead atoms. The van der Waals surface area contributed by atoms with Gasteiger partial charge >= 0.3 is 0 Å². The summed E-state index contributed by atoms with van der Waals surface area (Å²) in [6.07, 6.45) is 11.4. The van der Waals surface area contributed by atoms with Crippen LogP contribution in [0.2, 0.25) is 0 Å². The van der Waals surface area contributed by atoms with Gasteiger partial charge in [-0.15, -0.1) is 0 Å². The van der Waals surface area contributed by atoms with E-state index in [4.69, 9.17) is 0 Å². The molecule has 0 amide bonds. The molecule has 22 heavy (non-hydrogen) atoms. The van der Waals surface area contributed by atoms with E-state index in [2.05, 4.69) is 33.4 Å². The van der Waals surface area contributed by atoms with Crippen molar-refractivity contribution in [1.29, 1.82) is 0 Å². The van der Waals surface area contributed by atoms with E-state index in [0.29, 0.717) is 5.54 Å². The Hall–Kier alpha value is -1.35. The van der Waals surface area contributed by atoms with Gasteiger partial charge in [0.05, 0.1) is 5.69 Å². The number of hydrogen-bond donors (Lipinski definition) is 1. The Morgan fingerprint density at radius 1 is 1.18 bits per heavy atom. The maximum atomic E-state index is 4.48. The van der Waals surface area contributed by atoms with E-state index in [-0.39, 0.29) is 0 Å². The number of anilines is 1. The Balaban J connectivity index is 0.000000410. The van der Waals surface area contributed by atoms with Gasteiger partial charge in [0.1, 0.15) is 0 Å². The summed E-state index contributed by atoms with van der Waals surface area (Å²) in [5.74, 6) is 0. The predicted molar refractivity (Wildman–Crippen MR) is 96.5 cm³/mol. The first-order valence-electron chi connectivity index (χ1n) is 9.01. The summed E-state index contributed by atoms with van der Waals surface area (Å²) in [5, 5.41) is 3.72. The van der Waals surface area contributed by atoms with Crippen LogP contribution in [0.25, 0.3) is 6.08 Å². The van der Waals surface area contributed by atoms with Gasteiger partial charge in [0.25, 0.3) is 0 Å². The van der Waals surface area contributed by atoms with Gasteiger partial charge in [-0.2, -0.15) is 0 Å². The Morgan fingerprint density at radius 3 is 2.73 bits per heavy atom. The minimum absolute atomic E-state index is 0.401. The zero-order chi connectivity index (χ0) is 16.0. The van der Waals surface area contributed by atoms with Crippen LogP contribution in [-0.2, 0) is 6.42 Å². The summed E-state index contributed by atoms with van der Waals surface area (Å²) in [6.45, 7) is 11.5. The number of rotatable bonds is 1. The molecule has 1 unspecified atom stereocenters. The van der Waals surface area contributed by atoms with E-state index in [0.717, 1.165) is 13.0 Å². The largest absolute Gasteiger partial charge is 0.369 e. The molecule has 1 aromatic heterocycles. The minimum atomic E-state index is 0.401. The molecular formula is C19H31N3. The fourth-order valence-corrected chi connectivity index (χ4v) is 3.71. The van der Waals surface area contributed by atoms with Crippen LogP contribution in [0.3, 0.4) is 0 Å². The molecule has 1 spiro atoms. The monoisotopic (exact) mass is 301 g/mol. The van der Waals surface area contributed by atoms with Gasteiger partial charge in [-0.1, -0.05) is 39.8 Å². The second-order valence-electron chi connectivity index (χ2n) is 5.78. The maximum absolute atomic E-state index is 4.48. The number of nitrogens with one attached hydrogen (secondary N) is 1. The quantitative estimate of drug-likeness (QED) is 0.848. The van der Waals surface area contributed by atoms with Crippen LogP contribution >= 0.6 is 0 Å². The van der Waals surface area contributed by atoms with Crippen molar-refractivity contribution in [2.75, 3.05) is 24.5 Å². The summed E-state index contributed by atoms with van der Waals surface area (Å²) in [5.41, 5.74) is 4.39. The van der Waals surface area contributed by atoms with Crippen LogP contribution < -0.4 is 10.2 Å². The molecule has 2 aliphatic heterocycles. The third-order valence-electron chi connectivity index (χ3n) is 4.67. The molecule has 1 aliphatic carbocycles. The number of nitrogens with zero attached hydrogens (tertiary/aromatic N) is 2. The lowest BCUT2D eigenvalue weighted by Crippen LogP contribution is -2.42.